The standard InChI is InChI=1S/C36H31N3O6S/c1-43-27-17-20-32(44-2)30(22-27)38-36(42)33(24-10-5-3-6-11-24)46-29-18-15-26(16-19-29)37-35(41)31(23-28-14-9-21-45-28)39-34(40)25-12-7-4-8-13-25/h3-23,33H,1-2H3,(H,37,41)(H,38,42)(H,39,40)/b31-23-. The molecule has 1 heterocycles. The largest absolute Gasteiger partial charge is 0.497 e. The molecule has 0 aliphatic heterocycles. The Morgan fingerprint density at radius 1 is 0.783 bits per heavy atom. The molecule has 3 N–H and O–H groups in total. The van der Waals surface area contributed by atoms with Gasteiger partial charge in [-0.1, -0.05) is 48.5 Å². The van der Waals surface area contributed by atoms with Crippen molar-refractivity contribution in [2.24, 2.45) is 0 Å². The second kappa shape index (κ2) is 15.3. The van der Waals surface area contributed by atoms with Crippen molar-refractivity contribution in [3.8, 4) is 11.5 Å². The molecule has 0 radical (unpaired) electrons. The van der Waals surface area contributed by atoms with Crippen LogP contribution in [0.15, 0.2) is 137 Å². The van der Waals surface area contributed by atoms with Gasteiger partial charge >= 0.3 is 0 Å². The number of methoxy groups -OCH3 is 2. The summed E-state index contributed by atoms with van der Waals surface area (Å²) in [5, 5.41) is 7.88. The van der Waals surface area contributed by atoms with Gasteiger partial charge in [0.2, 0.25) is 5.91 Å². The Morgan fingerprint density at radius 2 is 1.50 bits per heavy atom. The number of thioether (sulfide) groups is 1. The molecule has 0 aliphatic rings. The molecular weight excluding hydrogens is 602 g/mol. The summed E-state index contributed by atoms with van der Waals surface area (Å²) in [5.74, 6) is 0.280. The Kier molecular flexibility index (Phi) is 10.5. The van der Waals surface area contributed by atoms with Gasteiger partial charge in [-0.05, 0) is 66.2 Å². The van der Waals surface area contributed by atoms with E-state index >= 15 is 0 Å². The van der Waals surface area contributed by atoms with E-state index in [1.54, 1.807) is 79.9 Å². The number of carbonyl (C=O) groups is 3. The van der Waals surface area contributed by atoms with E-state index in [1.165, 1.54) is 31.2 Å². The fourth-order valence-corrected chi connectivity index (χ4v) is 5.44. The Hall–Kier alpha value is -5.74. The number of hydrogen-bond acceptors (Lipinski definition) is 7. The SMILES string of the molecule is COc1ccc(OC)c(NC(=O)C(Sc2ccc(NC(=O)/C(=C/c3ccco3)NC(=O)c3ccccc3)cc2)c2ccccc2)c1. The number of furan rings is 1. The lowest BCUT2D eigenvalue weighted by Gasteiger charge is -2.19. The summed E-state index contributed by atoms with van der Waals surface area (Å²) in [5.41, 5.74) is 2.21. The van der Waals surface area contributed by atoms with Gasteiger partial charge in [0.05, 0.1) is 26.2 Å². The summed E-state index contributed by atoms with van der Waals surface area (Å²) in [6.45, 7) is 0. The first-order chi connectivity index (χ1) is 22.4. The Balaban J connectivity index is 1.32. The predicted octanol–water partition coefficient (Wildman–Crippen LogP) is 7.18. The highest BCUT2D eigenvalue weighted by Crippen LogP contribution is 2.38. The normalized spacial score (nSPS) is 11.7. The molecule has 0 aliphatic carbocycles. The summed E-state index contributed by atoms with van der Waals surface area (Å²) in [4.78, 5) is 40.6. The minimum atomic E-state index is -0.603. The molecule has 0 spiro atoms. The maximum Gasteiger partial charge on any atom is 0.272 e. The first-order valence-electron chi connectivity index (χ1n) is 14.2. The Bertz CT molecular complexity index is 1810. The maximum atomic E-state index is 13.7. The molecule has 4 aromatic carbocycles. The van der Waals surface area contributed by atoms with Crippen LogP contribution >= 0.6 is 11.8 Å². The Morgan fingerprint density at radius 3 is 2.15 bits per heavy atom. The zero-order valence-electron chi connectivity index (χ0n) is 25.1. The van der Waals surface area contributed by atoms with Crippen LogP contribution in [-0.4, -0.2) is 31.9 Å². The molecule has 0 saturated heterocycles. The van der Waals surface area contributed by atoms with Crippen molar-refractivity contribution in [2.75, 3.05) is 24.9 Å². The van der Waals surface area contributed by atoms with Crippen molar-refractivity contribution in [1.29, 1.82) is 0 Å². The topological polar surface area (TPSA) is 119 Å². The number of nitrogens with one attached hydrogen (secondary N) is 3. The highest BCUT2D eigenvalue weighted by atomic mass is 32.2. The van der Waals surface area contributed by atoms with Gasteiger partial charge in [0.15, 0.2) is 0 Å². The molecule has 0 saturated carbocycles. The van der Waals surface area contributed by atoms with E-state index in [0.29, 0.717) is 34.2 Å². The van der Waals surface area contributed by atoms with Crippen LogP contribution in [0.5, 0.6) is 11.5 Å². The monoisotopic (exact) mass is 633 g/mol. The number of ether oxygens (including phenoxy) is 2. The van der Waals surface area contributed by atoms with Crippen LogP contribution in [-0.2, 0) is 9.59 Å². The van der Waals surface area contributed by atoms with Gasteiger partial charge in [0.1, 0.15) is 28.2 Å². The first kappa shape index (κ1) is 31.7. The van der Waals surface area contributed by atoms with Crippen LogP contribution in [0.2, 0.25) is 0 Å². The number of amides is 3. The molecule has 1 aromatic heterocycles. The molecule has 5 rings (SSSR count). The molecule has 5 aromatic rings. The minimum Gasteiger partial charge on any atom is -0.497 e. The Labute approximate surface area is 270 Å². The summed E-state index contributed by atoms with van der Waals surface area (Å²) >= 11 is 1.36. The van der Waals surface area contributed by atoms with E-state index in [4.69, 9.17) is 13.9 Å². The van der Waals surface area contributed by atoms with Gasteiger partial charge in [-0.15, -0.1) is 11.8 Å². The van der Waals surface area contributed by atoms with E-state index in [1.807, 2.05) is 42.5 Å². The van der Waals surface area contributed by atoms with Gasteiger partial charge in [-0.3, -0.25) is 14.4 Å². The fraction of sp³-hybridized carbons (Fsp3) is 0.0833. The van der Waals surface area contributed by atoms with Crippen LogP contribution in [0.3, 0.4) is 0 Å². The van der Waals surface area contributed by atoms with Gasteiger partial charge < -0.3 is 29.8 Å². The lowest BCUT2D eigenvalue weighted by atomic mass is 10.1. The summed E-state index contributed by atoms with van der Waals surface area (Å²) in [6, 6.07) is 33.7. The summed E-state index contributed by atoms with van der Waals surface area (Å²) < 4.78 is 16.1. The van der Waals surface area contributed by atoms with Crippen LogP contribution in [0.1, 0.15) is 26.9 Å². The number of hydrogen-bond donors (Lipinski definition) is 3. The average molecular weight is 634 g/mol. The fourth-order valence-electron chi connectivity index (χ4n) is 4.42. The molecule has 10 heteroatoms. The maximum absolute atomic E-state index is 13.7. The van der Waals surface area contributed by atoms with Crippen molar-refractivity contribution in [3.63, 3.8) is 0 Å². The first-order valence-corrected chi connectivity index (χ1v) is 15.1. The zero-order chi connectivity index (χ0) is 32.3. The van der Waals surface area contributed by atoms with Gasteiger partial charge in [-0.25, -0.2) is 0 Å². The van der Waals surface area contributed by atoms with E-state index in [0.717, 1.165) is 10.5 Å². The van der Waals surface area contributed by atoms with Crippen LogP contribution in [0.25, 0.3) is 6.08 Å². The third-order valence-corrected chi connectivity index (χ3v) is 8.00. The van der Waals surface area contributed by atoms with Crippen molar-refractivity contribution in [3.05, 3.63) is 144 Å². The number of benzene rings is 4. The zero-order valence-corrected chi connectivity index (χ0v) is 25.9. The molecule has 0 fully saturated rings. The van der Waals surface area contributed by atoms with Gasteiger partial charge in [0, 0.05) is 28.3 Å². The predicted molar refractivity (Wildman–Crippen MR) is 179 cm³/mol. The lowest BCUT2D eigenvalue weighted by Crippen LogP contribution is -2.30. The summed E-state index contributed by atoms with van der Waals surface area (Å²) in [7, 11) is 3.09. The number of rotatable bonds is 12. The lowest BCUT2D eigenvalue weighted by molar-refractivity contribution is -0.116. The van der Waals surface area contributed by atoms with Gasteiger partial charge in [0.25, 0.3) is 11.8 Å². The van der Waals surface area contributed by atoms with Crippen LogP contribution < -0.4 is 25.4 Å². The quantitative estimate of drug-likeness (QED) is 0.0984. The molecule has 1 atom stereocenters. The second-order valence-corrected chi connectivity index (χ2v) is 11.0. The van der Waals surface area contributed by atoms with Crippen molar-refractivity contribution in [2.45, 2.75) is 10.1 Å². The van der Waals surface area contributed by atoms with Crippen LogP contribution in [0, 0.1) is 0 Å². The van der Waals surface area contributed by atoms with E-state index in [-0.39, 0.29) is 11.6 Å². The third kappa shape index (κ3) is 8.25. The molecule has 46 heavy (non-hydrogen) atoms. The molecule has 1 unspecified atom stereocenters. The molecule has 3 amide bonds. The third-order valence-electron chi connectivity index (χ3n) is 6.73. The van der Waals surface area contributed by atoms with E-state index in [9.17, 15) is 14.4 Å². The highest BCUT2D eigenvalue weighted by Gasteiger charge is 2.24. The molecule has 9 nitrogen and oxygen atoms in total. The van der Waals surface area contributed by atoms with E-state index in [2.05, 4.69) is 16.0 Å². The highest BCUT2D eigenvalue weighted by molar-refractivity contribution is 8.00. The van der Waals surface area contributed by atoms with Crippen molar-refractivity contribution < 1.29 is 28.3 Å². The van der Waals surface area contributed by atoms with E-state index < -0.39 is 17.1 Å². The minimum absolute atomic E-state index is 0.0102. The second-order valence-electron chi connectivity index (χ2n) is 9.84. The molecule has 232 valence electrons. The molecule has 0 bridgehead atoms. The molecular formula is C36H31N3O6S. The number of anilines is 2. The summed E-state index contributed by atoms with van der Waals surface area (Å²) in [6.07, 6.45) is 2.94. The van der Waals surface area contributed by atoms with Crippen LogP contribution in [0.4, 0.5) is 11.4 Å². The van der Waals surface area contributed by atoms with Crippen molar-refractivity contribution >= 4 is 46.9 Å². The van der Waals surface area contributed by atoms with Crippen molar-refractivity contribution in [1.82, 2.24) is 5.32 Å². The van der Waals surface area contributed by atoms with Gasteiger partial charge in [-0.2, -0.15) is 0 Å². The smallest absolute Gasteiger partial charge is 0.272 e. The average Bonchev–Trinajstić information content (AvgIpc) is 3.61. The number of carbonyl (C=O) groups excluding carboxylic acids is 3.